The number of ether oxygens (including phenoxy) is 1. The van der Waals surface area contributed by atoms with Gasteiger partial charge in [-0.2, -0.15) is 13.2 Å². The van der Waals surface area contributed by atoms with Gasteiger partial charge in [-0.15, -0.1) is 12.4 Å². The maximum absolute atomic E-state index is 13.7. The van der Waals surface area contributed by atoms with Crippen molar-refractivity contribution in [3.63, 3.8) is 0 Å². The first kappa shape index (κ1) is 36.1. The van der Waals surface area contributed by atoms with Crippen LogP contribution in [0.4, 0.5) is 18.9 Å². The maximum Gasteiger partial charge on any atom is 0.417 e. The van der Waals surface area contributed by atoms with Crippen LogP contribution in [0.5, 0.6) is 5.75 Å². The molecule has 5 rings (SSSR count). The molecule has 0 saturated heterocycles. The van der Waals surface area contributed by atoms with E-state index in [0.717, 1.165) is 46.8 Å². The number of anilines is 1. The fraction of sp³-hybridized carbons (Fsp3) is 0.282. The highest BCUT2D eigenvalue weighted by Crippen LogP contribution is 2.37. The quantitative estimate of drug-likeness (QED) is 0.109. The third-order valence-corrected chi connectivity index (χ3v) is 8.91. The molecule has 0 aliphatic rings. The van der Waals surface area contributed by atoms with Gasteiger partial charge in [-0.1, -0.05) is 109 Å². The zero-order chi connectivity index (χ0) is 32.5. The molecule has 0 atom stereocenters. The Kier molecular flexibility index (Phi) is 13.0. The summed E-state index contributed by atoms with van der Waals surface area (Å²) in [5.41, 5.74) is 3.12. The van der Waals surface area contributed by atoms with E-state index in [4.69, 9.17) is 16.3 Å². The molecule has 0 bridgehead atoms. The number of hydrogen-bond donors (Lipinski definition) is 0. The van der Waals surface area contributed by atoms with Crippen LogP contribution in [0.25, 0.3) is 10.8 Å². The van der Waals surface area contributed by atoms with Crippen LogP contribution in [0.15, 0.2) is 115 Å². The first-order valence-electron chi connectivity index (χ1n) is 15.9. The van der Waals surface area contributed by atoms with Crippen LogP contribution in [0, 0.1) is 0 Å². The lowest BCUT2D eigenvalue weighted by Crippen LogP contribution is -2.31. The lowest BCUT2D eigenvalue weighted by atomic mass is 9.90. The van der Waals surface area contributed by atoms with Gasteiger partial charge < -0.3 is 9.64 Å². The van der Waals surface area contributed by atoms with E-state index in [0.29, 0.717) is 31.7 Å². The number of fused-ring (bicyclic) bond motifs is 1. The van der Waals surface area contributed by atoms with Crippen LogP contribution >= 0.6 is 24.0 Å². The number of benzene rings is 5. The number of hydrogen-bond acceptors (Lipinski definition) is 3. The second-order valence-corrected chi connectivity index (χ2v) is 11.8. The van der Waals surface area contributed by atoms with E-state index in [1.54, 1.807) is 6.07 Å². The number of halogens is 5. The van der Waals surface area contributed by atoms with Crippen LogP contribution in [0.1, 0.15) is 48.4 Å². The fourth-order valence-electron chi connectivity index (χ4n) is 6.13. The first-order valence-corrected chi connectivity index (χ1v) is 16.2. The van der Waals surface area contributed by atoms with Gasteiger partial charge in [0.05, 0.1) is 17.2 Å². The summed E-state index contributed by atoms with van der Waals surface area (Å²) < 4.78 is 47.6. The van der Waals surface area contributed by atoms with E-state index in [2.05, 4.69) is 72.2 Å². The minimum atomic E-state index is -4.52. The summed E-state index contributed by atoms with van der Waals surface area (Å²) >= 11 is 6.39. The van der Waals surface area contributed by atoms with E-state index in [1.807, 2.05) is 48.5 Å². The molecule has 0 aromatic heterocycles. The van der Waals surface area contributed by atoms with Crippen molar-refractivity contribution < 1.29 is 17.9 Å². The van der Waals surface area contributed by atoms with Crippen LogP contribution in [0.3, 0.4) is 0 Å². The molecule has 0 spiro atoms. The van der Waals surface area contributed by atoms with Crippen molar-refractivity contribution in [3.8, 4) is 5.75 Å². The minimum Gasteiger partial charge on any atom is -0.493 e. The highest BCUT2D eigenvalue weighted by atomic mass is 35.5. The van der Waals surface area contributed by atoms with Crippen molar-refractivity contribution in [3.05, 3.63) is 143 Å². The Hall–Kier alpha value is -3.71. The molecule has 0 saturated carbocycles. The SMILES string of the molecule is CCN(CC)c1cccc2c(OCCCN(Cc3cccc(C(F)(F)F)c3Cl)CC(c3ccccc3)c3ccccc3)cccc12.Cl. The Morgan fingerprint density at radius 3 is 1.94 bits per heavy atom. The van der Waals surface area contributed by atoms with Gasteiger partial charge in [0.15, 0.2) is 0 Å². The molecule has 248 valence electrons. The minimum absolute atomic E-state index is 0. The van der Waals surface area contributed by atoms with Crippen molar-refractivity contribution in [1.29, 1.82) is 0 Å². The predicted molar refractivity (Wildman–Crippen MR) is 191 cm³/mol. The monoisotopic (exact) mass is 680 g/mol. The molecule has 47 heavy (non-hydrogen) atoms. The molecule has 0 unspecified atom stereocenters. The third kappa shape index (κ3) is 9.01. The summed E-state index contributed by atoms with van der Waals surface area (Å²) in [6.07, 6.45) is -3.84. The maximum atomic E-state index is 13.7. The fourth-order valence-corrected chi connectivity index (χ4v) is 6.42. The lowest BCUT2D eigenvalue weighted by Gasteiger charge is -2.29. The van der Waals surface area contributed by atoms with Crippen molar-refractivity contribution in [2.45, 2.75) is 38.9 Å². The van der Waals surface area contributed by atoms with Crippen molar-refractivity contribution in [2.75, 3.05) is 37.7 Å². The van der Waals surface area contributed by atoms with E-state index in [1.165, 1.54) is 11.8 Å². The summed E-state index contributed by atoms with van der Waals surface area (Å²) in [6.45, 7) is 8.09. The van der Waals surface area contributed by atoms with Gasteiger partial charge in [0, 0.05) is 55.1 Å². The van der Waals surface area contributed by atoms with Gasteiger partial charge in [0.2, 0.25) is 0 Å². The van der Waals surface area contributed by atoms with Crippen molar-refractivity contribution >= 4 is 40.5 Å². The van der Waals surface area contributed by atoms with E-state index in [-0.39, 0.29) is 29.9 Å². The molecular weight excluding hydrogens is 640 g/mol. The van der Waals surface area contributed by atoms with Gasteiger partial charge in [-0.25, -0.2) is 0 Å². The van der Waals surface area contributed by atoms with Crippen LogP contribution < -0.4 is 9.64 Å². The molecule has 0 fully saturated rings. The zero-order valence-corrected chi connectivity index (χ0v) is 28.3. The molecule has 0 N–H and O–H groups in total. The number of rotatable bonds is 14. The second-order valence-electron chi connectivity index (χ2n) is 11.4. The average molecular weight is 682 g/mol. The van der Waals surface area contributed by atoms with E-state index >= 15 is 0 Å². The standard InChI is InChI=1S/C39H40ClF3N2O.ClH/c1-3-45(4-2)36-23-12-21-33-32(36)20-13-24-37(33)46-26-14-25-44(27-31-19-11-22-35(38(31)40)39(41,42)43)28-34(29-15-7-5-8-16-29)30-17-9-6-10-18-30;/h5-13,15-24,34H,3-4,14,25-28H2,1-2H3;1H. The largest absolute Gasteiger partial charge is 0.493 e. The van der Waals surface area contributed by atoms with Crippen LogP contribution in [-0.2, 0) is 12.7 Å². The van der Waals surface area contributed by atoms with Gasteiger partial charge in [-0.3, -0.25) is 4.90 Å². The Bertz CT molecular complexity index is 1660. The number of nitrogens with zero attached hydrogens (tertiary/aromatic N) is 2. The molecule has 0 aliphatic carbocycles. The molecule has 0 amide bonds. The van der Waals surface area contributed by atoms with E-state index in [9.17, 15) is 13.2 Å². The van der Waals surface area contributed by atoms with Crippen molar-refractivity contribution in [1.82, 2.24) is 4.90 Å². The first-order chi connectivity index (χ1) is 22.3. The molecule has 5 aromatic carbocycles. The Morgan fingerprint density at radius 2 is 1.32 bits per heavy atom. The Morgan fingerprint density at radius 1 is 0.723 bits per heavy atom. The number of alkyl halides is 3. The molecule has 8 heteroatoms. The van der Waals surface area contributed by atoms with E-state index < -0.39 is 11.7 Å². The predicted octanol–water partition coefficient (Wildman–Crippen LogP) is 10.9. The second kappa shape index (κ2) is 16.9. The Labute approximate surface area is 287 Å². The summed E-state index contributed by atoms with van der Waals surface area (Å²) in [6, 6.07) is 37.0. The van der Waals surface area contributed by atoms with Gasteiger partial charge >= 0.3 is 6.18 Å². The topological polar surface area (TPSA) is 15.7 Å². The smallest absolute Gasteiger partial charge is 0.417 e. The summed E-state index contributed by atoms with van der Waals surface area (Å²) in [7, 11) is 0. The summed E-state index contributed by atoms with van der Waals surface area (Å²) in [5.74, 6) is 0.842. The summed E-state index contributed by atoms with van der Waals surface area (Å²) in [5, 5.41) is 1.97. The Balaban J connectivity index is 0.00000500. The highest BCUT2D eigenvalue weighted by molar-refractivity contribution is 6.32. The molecule has 0 aliphatic heterocycles. The van der Waals surface area contributed by atoms with Crippen molar-refractivity contribution in [2.24, 2.45) is 0 Å². The highest BCUT2D eigenvalue weighted by Gasteiger charge is 2.34. The van der Waals surface area contributed by atoms with Crippen LogP contribution in [0.2, 0.25) is 5.02 Å². The normalized spacial score (nSPS) is 11.6. The molecule has 3 nitrogen and oxygen atoms in total. The molecule has 0 radical (unpaired) electrons. The lowest BCUT2D eigenvalue weighted by molar-refractivity contribution is -0.137. The van der Waals surface area contributed by atoms with Crippen LogP contribution in [-0.4, -0.2) is 37.7 Å². The average Bonchev–Trinajstić information content (AvgIpc) is 3.07. The summed E-state index contributed by atoms with van der Waals surface area (Å²) in [4.78, 5) is 4.52. The van der Waals surface area contributed by atoms with Gasteiger partial charge in [-0.05, 0) is 55.2 Å². The van der Waals surface area contributed by atoms with Gasteiger partial charge in [0.25, 0.3) is 0 Å². The molecular formula is C39H41Cl2F3N2O. The van der Waals surface area contributed by atoms with Gasteiger partial charge in [0.1, 0.15) is 5.75 Å². The molecule has 5 aromatic rings. The third-order valence-electron chi connectivity index (χ3n) is 8.46. The zero-order valence-electron chi connectivity index (χ0n) is 26.7. The molecule has 0 heterocycles.